The first kappa shape index (κ1) is 14.3. The van der Waals surface area contributed by atoms with E-state index in [0.717, 1.165) is 11.3 Å². The summed E-state index contributed by atoms with van der Waals surface area (Å²) >= 11 is 6.00. The summed E-state index contributed by atoms with van der Waals surface area (Å²) in [5.41, 5.74) is 2.05. The number of anilines is 1. The number of aromatic nitrogens is 3. The molecule has 0 spiro atoms. The lowest BCUT2D eigenvalue weighted by atomic mass is 10.2. The average Bonchev–Trinajstić information content (AvgIpc) is 2.75. The smallest absolute Gasteiger partial charge is 0.271 e. The predicted octanol–water partition coefficient (Wildman–Crippen LogP) is 1.75. The molecule has 2 heterocycles. The van der Waals surface area contributed by atoms with Gasteiger partial charge in [-0.1, -0.05) is 11.6 Å². The molecule has 0 bridgehead atoms. The van der Waals surface area contributed by atoms with Crippen molar-refractivity contribution in [2.45, 2.75) is 13.5 Å². The number of amides is 1. The van der Waals surface area contributed by atoms with E-state index < -0.39 is 0 Å². The molecule has 2 aromatic rings. The van der Waals surface area contributed by atoms with Crippen LogP contribution in [0.15, 0.2) is 18.3 Å². The van der Waals surface area contributed by atoms with Gasteiger partial charge >= 0.3 is 0 Å². The van der Waals surface area contributed by atoms with Crippen LogP contribution in [-0.2, 0) is 13.6 Å². The van der Waals surface area contributed by atoms with Crippen LogP contribution in [0, 0.1) is 6.92 Å². The Morgan fingerprint density at radius 3 is 2.80 bits per heavy atom. The first-order valence-electron chi connectivity index (χ1n) is 6.13. The van der Waals surface area contributed by atoms with E-state index in [4.69, 9.17) is 11.6 Å². The number of carbonyl (C=O) groups excluding carboxylic acids is 1. The Balaban J connectivity index is 2.10. The molecule has 7 heteroatoms. The summed E-state index contributed by atoms with van der Waals surface area (Å²) in [4.78, 5) is 16.3. The molecule has 0 aromatic carbocycles. The maximum atomic E-state index is 12.1. The van der Waals surface area contributed by atoms with E-state index >= 15 is 0 Å². The summed E-state index contributed by atoms with van der Waals surface area (Å²) in [5, 5.41) is 10.2. The van der Waals surface area contributed by atoms with Crippen LogP contribution in [0.2, 0.25) is 5.02 Å². The highest BCUT2D eigenvalue weighted by Crippen LogP contribution is 2.16. The van der Waals surface area contributed by atoms with Crippen molar-refractivity contribution in [2.75, 3.05) is 12.4 Å². The zero-order chi connectivity index (χ0) is 14.7. The van der Waals surface area contributed by atoms with Gasteiger partial charge in [-0.25, -0.2) is 4.98 Å². The zero-order valence-electron chi connectivity index (χ0n) is 11.6. The van der Waals surface area contributed by atoms with Crippen molar-refractivity contribution in [3.8, 4) is 0 Å². The maximum absolute atomic E-state index is 12.1. The number of aryl methyl sites for hydroxylation is 2. The van der Waals surface area contributed by atoms with Gasteiger partial charge in [0.05, 0.1) is 10.7 Å². The molecule has 2 N–H and O–H groups in total. The fraction of sp³-hybridized carbons (Fsp3) is 0.308. The number of nitrogens with zero attached hydrogens (tertiary/aromatic N) is 3. The van der Waals surface area contributed by atoms with E-state index in [1.165, 1.54) is 0 Å². The number of pyridine rings is 1. The number of carbonyl (C=O) groups is 1. The SMILES string of the molecule is CNc1ccc(Cl)c(C(=O)NCc2cn(C)nc2C)n1. The van der Waals surface area contributed by atoms with Gasteiger partial charge in [0.15, 0.2) is 0 Å². The van der Waals surface area contributed by atoms with E-state index in [2.05, 4.69) is 20.7 Å². The molecule has 1 amide bonds. The minimum Gasteiger partial charge on any atom is -0.373 e. The minimum atomic E-state index is -0.310. The van der Waals surface area contributed by atoms with Gasteiger partial charge in [-0.05, 0) is 19.1 Å². The Kier molecular flexibility index (Phi) is 4.24. The lowest BCUT2D eigenvalue weighted by Crippen LogP contribution is -2.24. The Morgan fingerprint density at radius 2 is 2.20 bits per heavy atom. The molecular formula is C13H16ClN5O. The van der Waals surface area contributed by atoms with Gasteiger partial charge in [-0.15, -0.1) is 0 Å². The van der Waals surface area contributed by atoms with Crippen molar-refractivity contribution >= 4 is 23.3 Å². The van der Waals surface area contributed by atoms with Gasteiger partial charge in [0, 0.05) is 32.4 Å². The number of hydrogen-bond acceptors (Lipinski definition) is 4. The predicted molar refractivity (Wildman–Crippen MR) is 77.9 cm³/mol. The first-order chi connectivity index (χ1) is 9.51. The van der Waals surface area contributed by atoms with Crippen molar-refractivity contribution in [1.82, 2.24) is 20.1 Å². The summed E-state index contributed by atoms with van der Waals surface area (Å²) < 4.78 is 1.71. The molecule has 20 heavy (non-hydrogen) atoms. The Hall–Kier alpha value is -2.08. The summed E-state index contributed by atoms with van der Waals surface area (Å²) in [6, 6.07) is 3.36. The van der Waals surface area contributed by atoms with E-state index in [9.17, 15) is 4.79 Å². The van der Waals surface area contributed by atoms with Crippen LogP contribution in [0.25, 0.3) is 0 Å². The lowest BCUT2D eigenvalue weighted by molar-refractivity contribution is 0.0946. The van der Waals surface area contributed by atoms with Gasteiger partial charge in [-0.2, -0.15) is 5.10 Å². The molecule has 0 saturated carbocycles. The van der Waals surface area contributed by atoms with E-state index in [0.29, 0.717) is 17.4 Å². The standard InChI is InChI=1S/C13H16ClN5O/c1-8-9(7-19(3)18-8)6-16-13(20)12-10(14)4-5-11(15-2)17-12/h4-5,7H,6H2,1-3H3,(H,15,17)(H,16,20). The molecule has 0 aliphatic rings. The fourth-order valence-corrected chi connectivity index (χ4v) is 2.01. The largest absolute Gasteiger partial charge is 0.373 e. The van der Waals surface area contributed by atoms with Crippen LogP contribution in [0.4, 0.5) is 5.82 Å². The number of hydrogen-bond donors (Lipinski definition) is 2. The number of halogens is 1. The highest BCUT2D eigenvalue weighted by Gasteiger charge is 2.13. The molecule has 0 aliphatic carbocycles. The second kappa shape index (κ2) is 5.92. The van der Waals surface area contributed by atoms with Crippen LogP contribution >= 0.6 is 11.6 Å². The zero-order valence-corrected chi connectivity index (χ0v) is 12.3. The Bertz CT molecular complexity index is 638. The fourth-order valence-electron chi connectivity index (χ4n) is 1.82. The highest BCUT2D eigenvalue weighted by atomic mass is 35.5. The quantitative estimate of drug-likeness (QED) is 0.901. The molecule has 0 saturated heterocycles. The molecule has 106 valence electrons. The molecule has 6 nitrogen and oxygen atoms in total. The Morgan fingerprint density at radius 1 is 1.45 bits per heavy atom. The number of rotatable bonds is 4. The normalized spacial score (nSPS) is 10.4. The minimum absolute atomic E-state index is 0.208. The van der Waals surface area contributed by atoms with Crippen molar-refractivity contribution in [1.29, 1.82) is 0 Å². The highest BCUT2D eigenvalue weighted by molar-refractivity contribution is 6.33. The van der Waals surface area contributed by atoms with Crippen LogP contribution in [0.1, 0.15) is 21.7 Å². The third kappa shape index (κ3) is 3.08. The maximum Gasteiger partial charge on any atom is 0.271 e. The van der Waals surface area contributed by atoms with Crippen molar-refractivity contribution in [2.24, 2.45) is 7.05 Å². The molecule has 0 aliphatic heterocycles. The topological polar surface area (TPSA) is 71.8 Å². The Labute approximate surface area is 122 Å². The molecule has 0 atom stereocenters. The summed E-state index contributed by atoms with van der Waals surface area (Å²) in [6.45, 7) is 2.29. The lowest BCUT2D eigenvalue weighted by Gasteiger charge is -2.07. The molecule has 2 aromatic heterocycles. The summed E-state index contributed by atoms with van der Waals surface area (Å²) in [6.07, 6.45) is 1.87. The summed E-state index contributed by atoms with van der Waals surface area (Å²) in [7, 11) is 3.57. The monoisotopic (exact) mass is 293 g/mol. The van der Waals surface area contributed by atoms with E-state index in [-0.39, 0.29) is 11.6 Å². The van der Waals surface area contributed by atoms with E-state index in [1.54, 1.807) is 23.9 Å². The van der Waals surface area contributed by atoms with Crippen LogP contribution in [-0.4, -0.2) is 27.7 Å². The molecule has 0 radical (unpaired) electrons. The van der Waals surface area contributed by atoms with Gasteiger partial charge in [0.2, 0.25) is 0 Å². The summed E-state index contributed by atoms with van der Waals surface area (Å²) in [5.74, 6) is 0.285. The third-order valence-electron chi connectivity index (χ3n) is 2.87. The molecular weight excluding hydrogens is 278 g/mol. The average molecular weight is 294 g/mol. The molecule has 2 rings (SSSR count). The second-order valence-electron chi connectivity index (χ2n) is 4.37. The van der Waals surface area contributed by atoms with Crippen LogP contribution in [0.5, 0.6) is 0 Å². The molecule has 0 unspecified atom stereocenters. The van der Waals surface area contributed by atoms with Crippen LogP contribution in [0.3, 0.4) is 0 Å². The van der Waals surface area contributed by atoms with Gasteiger partial charge in [-0.3, -0.25) is 9.48 Å². The van der Waals surface area contributed by atoms with Crippen molar-refractivity contribution in [3.63, 3.8) is 0 Å². The van der Waals surface area contributed by atoms with Crippen molar-refractivity contribution < 1.29 is 4.79 Å². The molecule has 0 fully saturated rings. The third-order valence-corrected chi connectivity index (χ3v) is 3.18. The second-order valence-corrected chi connectivity index (χ2v) is 4.78. The number of nitrogens with one attached hydrogen (secondary N) is 2. The van der Waals surface area contributed by atoms with Crippen molar-refractivity contribution in [3.05, 3.63) is 40.3 Å². The van der Waals surface area contributed by atoms with Gasteiger partial charge < -0.3 is 10.6 Å². The van der Waals surface area contributed by atoms with Crippen LogP contribution < -0.4 is 10.6 Å². The first-order valence-corrected chi connectivity index (χ1v) is 6.50. The van der Waals surface area contributed by atoms with Gasteiger partial charge in [0.1, 0.15) is 11.5 Å². The van der Waals surface area contributed by atoms with E-state index in [1.807, 2.05) is 20.2 Å². The van der Waals surface area contributed by atoms with Gasteiger partial charge in [0.25, 0.3) is 5.91 Å².